The molecule has 0 bridgehead atoms. The molecule has 0 radical (unpaired) electrons. The first-order valence-corrected chi connectivity index (χ1v) is 3.23. The van der Waals surface area contributed by atoms with Gasteiger partial charge in [0.2, 0.25) is 0 Å². The van der Waals surface area contributed by atoms with E-state index in [4.69, 9.17) is 10.5 Å². The summed E-state index contributed by atoms with van der Waals surface area (Å²) in [6.45, 7) is 2.50. The van der Waals surface area contributed by atoms with Crippen LogP contribution in [0.4, 0.5) is 0 Å². The van der Waals surface area contributed by atoms with Gasteiger partial charge in [0.25, 0.3) is 0 Å². The molecule has 1 fully saturated rings. The van der Waals surface area contributed by atoms with Crippen LogP contribution in [0.2, 0.25) is 0 Å². The van der Waals surface area contributed by atoms with Crippen molar-refractivity contribution >= 4 is 0 Å². The van der Waals surface area contributed by atoms with Crippen LogP contribution < -0.4 is 16.8 Å². The molecular weight excluding hydrogens is 142 g/mol. The van der Waals surface area contributed by atoms with Crippen molar-refractivity contribution in [1.29, 1.82) is 10.5 Å². The molecule has 62 valence electrons. The minimum atomic E-state index is 1.25. The summed E-state index contributed by atoms with van der Waals surface area (Å²) in [4.78, 5) is 0. The number of nitrogens with two attached hydrogens (primary N) is 2. The topological polar surface area (TPSA) is 112 Å². The Morgan fingerprint density at radius 2 is 1.27 bits per heavy atom. The van der Waals surface area contributed by atoms with Gasteiger partial charge in [0.1, 0.15) is 0 Å². The fourth-order valence-corrected chi connectivity index (χ4v) is 0.625. The zero-order valence-corrected chi connectivity index (χ0v) is 6.38. The third kappa shape index (κ3) is 29.1. The molecule has 1 saturated heterocycles. The van der Waals surface area contributed by atoms with E-state index in [1.807, 2.05) is 0 Å². The van der Waals surface area contributed by atoms with E-state index in [2.05, 4.69) is 16.8 Å². The van der Waals surface area contributed by atoms with Crippen LogP contribution in [-0.2, 0) is 0 Å². The van der Waals surface area contributed by atoms with Gasteiger partial charge in [-0.3, -0.25) is 0 Å². The van der Waals surface area contributed by atoms with E-state index < -0.39 is 0 Å². The largest absolute Gasteiger partial charge is 0.337 e. The number of hydrogen-bond acceptors (Lipinski definition) is 5. The number of rotatable bonds is 0. The third-order valence-electron chi connectivity index (χ3n) is 0.957. The second-order valence-electron chi connectivity index (χ2n) is 1.72. The van der Waals surface area contributed by atoms with E-state index in [0.717, 1.165) is 0 Å². The Hall–Kier alpha value is -1.46. The Morgan fingerprint density at radius 1 is 1.00 bits per heavy atom. The lowest BCUT2D eigenvalue weighted by atomic mass is 10.4. The summed E-state index contributed by atoms with van der Waals surface area (Å²) in [7, 11) is 0. The first-order chi connectivity index (χ1) is 5.33. The van der Waals surface area contributed by atoms with E-state index in [1.165, 1.54) is 38.3 Å². The number of nitrogens with one attached hydrogen (secondary N) is 1. The van der Waals surface area contributed by atoms with Gasteiger partial charge in [0.05, 0.1) is 0 Å². The molecule has 5 N–H and O–H groups in total. The van der Waals surface area contributed by atoms with Crippen LogP contribution in [-0.4, -0.2) is 13.1 Å². The minimum absolute atomic E-state index is 1.25. The predicted octanol–water partition coefficient (Wildman–Crippen LogP) is -0.778. The number of nitriles is 2. The lowest BCUT2D eigenvalue weighted by Gasteiger charge is -1.76. The normalized spacial score (nSPS) is 12.2. The summed E-state index contributed by atoms with van der Waals surface area (Å²) in [6, 6.07) is 0. The summed E-state index contributed by atoms with van der Waals surface area (Å²) in [6.07, 6.45) is 5.28. The van der Waals surface area contributed by atoms with Gasteiger partial charge in [-0.2, -0.15) is 10.5 Å². The van der Waals surface area contributed by atoms with Gasteiger partial charge in [-0.15, -0.1) is 0 Å². The summed E-state index contributed by atoms with van der Waals surface area (Å²) < 4.78 is 0. The molecule has 5 heteroatoms. The number of nitrogens with zero attached hydrogens (tertiary/aromatic N) is 2. The Morgan fingerprint density at radius 3 is 1.36 bits per heavy atom. The van der Waals surface area contributed by atoms with Crippen LogP contribution in [0, 0.1) is 22.9 Å². The van der Waals surface area contributed by atoms with Gasteiger partial charge in [0.15, 0.2) is 12.4 Å². The zero-order chi connectivity index (χ0) is 8.95. The van der Waals surface area contributed by atoms with E-state index in [-0.39, 0.29) is 0 Å². The van der Waals surface area contributed by atoms with Crippen molar-refractivity contribution in [2.45, 2.75) is 12.8 Å². The molecule has 5 nitrogen and oxygen atoms in total. The summed E-state index contributed by atoms with van der Waals surface area (Å²) in [5.74, 6) is 0. The summed E-state index contributed by atoms with van der Waals surface area (Å²) >= 11 is 0. The van der Waals surface area contributed by atoms with Crippen LogP contribution in [0.3, 0.4) is 0 Å². The standard InChI is InChI=1S/C4H9N.2CH2N2/c1-2-4-5-3-1;2*2-1-3/h5H,1-4H2;2*2H2. The van der Waals surface area contributed by atoms with Crippen molar-refractivity contribution in [1.82, 2.24) is 5.32 Å². The molecule has 0 saturated carbocycles. The summed E-state index contributed by atoms with van der Waals surface area (Å²) in [5, 5.41) is 17.4. The van der Waals surface area contributed by atoms with Crippen molar-refractivity contribution in [2.75, 3.05) is 13.1 Å². The third-order valence-corrected chi connectivity index (χ3v) is 0.957. The molecule has 0 atom stereocenters. The van der Waals surface area contributed by atoms with Gasteiger partial charge >= 0.3 is 0 Å². The van der Waals surface area contributed by atoms with Crippen molar-refractivity contribution in [2.24, 2.45) is 11.5 Å². The maximum Gasteiger partial charge on any atom is 0.173 e. The van der Waals surface area contributed by atoms with Gasteiger partial charge in [-0.25, -0.2) is 0 Å². The molecule has 1 aliphatic heterocycles. The molecule has 1 heterocycles. The molecular formula is C6H13N5. The quantitative estimate of drug-likeness (QED) is 0.314. The molecule has 11 heavy (non-hydrogen) atoms. The van der Waals surface area contributed by atoms with Crippen LogP contribution in [0.15, 0.2) is 0 Å². The van der Waals surface area contributed by atoms with E-state index >= 15 is 0 Å². The highest BCUT2D eigenvalue weighted by molar-refractivity contribution is 4.55. The van der Waals surface area contributed by atoms with Crippen LogP contribution >= 0.6 is 0 Å². The van der Waals surface area contributed by atoms with E-state index in [1.54, 1.807) is 0 Å². The molecule has 0 spiro atoms. The highest BCUT2D eigenvalue weighted by Gasteiger charge is 1.93. The Balaban J connectivity index is 0. The Labute approximate surface area is 66.6 Å². The monoisotopic (exact) mass is 155 g/mol. The average Bonchev–Trinajstić information content (AvgIpc) is 2.44. The fourth-order valence-electron chi connectivity index (χ4n) is 0.625. The molecule has 0 unspecified atom stereocenters. The molecule has 0 aromatic carbocycles. The maximum absolute atomic E-state index is 7.10. The zero-order valence-electron chi connectivity index (χ0n) is 6.38. The summed E-state index contributed by atoms with van der Waals surface area (Å²) in [5.41, 5.74) is 8.31. The first-order valence-electron chi connectivity index (χ1n) is 3.23. The van der Waals surface area contributed by atoms with Crippen LogP contribution in [0.5, 0.6) is 0 Å². The Bertz CT molecular complexity index is 107. The SMILES string of the molecule is C1CCNC1.N#CN.N#CN. The Kier molecular flexibility index (Phi) is 17.6. The lowest BCUT2D eigenvalue weighted by molar-refractivity contribution is 0.857. The van der Waals surface area contributed by atoms with Gasteiger partial charge in [-0.05, 0) is 25.9 Å². The van der Waals surface area contributed by atoms with Gasteiger partial charge in [0, 0.05) is 0 Å². The van der Waals surface area contributed by atoms with E-state index in [0.29, 0.717) is 0 Å². The first kappa shape index (κ1) is 12.2. The van der Waals surface area contributed by atoms with Crippen molar-refractivity contribution in [3.63, 3.8) is 0 Å². The van der Waals surface area contributed by atoms with E-state index in [9.17, 15) is 0 Å². The molecule has 1 rings (SSSR count). The number of hydrogen-bond donors (Lipinski definition) is 3. The molecule has 0 aromatic rings. The molecule has 1 aliphatic rings. The fraction of sp³-hybridized carbons (Fsp3) is 0.667. The second-order valence-corrected chi connectivity index (χ2v) is 1.72. The smallest absolute Gasteiger partial charge is 0.173 e. The van der Waals surface area contributed by atoms with Gasteiger partial charge < -0.3 is 16.8 Å². The molecule has 0 aromatic heterocycles. The van der Waals surface area contributed by atoms with Crippen molar-refractivity contribution in [3.8, 4) is 12.4 Å². The van der Waals surface area contributed by atoms with Crippen LogP contribution in [0.1, 0.15) is 12.8 Å². The van der Waals surface area contributed by atoms with Gasteiger partial charge in [-0.1, -0.05) is 0 Å². The predicted molar refractivity (Wildman–Crippen MR) is 41.7 cm³/mol. The molecule has 0 amide bonds. The minimum Gasteiger partial charge on any atom is -0.337 e. The lowest BCUT2D eigenvalue weighted by Crippen LogP contribution is -2.03. The maximum atomic E-state index is 7.10. The van der Waals surface area contributed by atoms with Crippen molar-refractivity contribution < 1.29 is 0 Å². The highest BCUT2D eigenvalue weighted by atomic mass is 14.9. The average molecular weight is 155 g/mol. The molecule has 0 aliphatic carbocycles. The highest BCUT2D eigenvalue weighted by Crippen LogP contribution is 1.90. The van der Waals surface area contributed by atoms with Crippen molar-refractivity contribution in [3.05, 3.63) is 0 Å². The second kappa shape index (κ2) is 15.8. The van der Waals surface area contributed by atoms with Crippen LogP contribution in [0.25, 0.3) is 0 Å².